The number of benzene rings is 1. The summed E-state index contributed by atoms with van der Waals surface area (Å²) < 4.78 is 1.34. The molecule has 0 aliphatic heterocycles. The van der Waals surface area contributed by atoms with Crippen LogP contribution in [0.5, 0.6) is 0 Å². The van der Waals surface area contributed by atoms with Crippen LogP contribution in [0.15, 0.2) is 29.4 Å². The predicted molar refractivity (Wildman–Crippen MR) is 81.1 cm³/mol. The monoisotopic (exact) mass is 321 g/mol. The molecule has 0 saturated heterocycles. The zero-order valence-corrected chi connectivity index (χ0v) is 12.5. The highest BCUT2D eigenvalue weighted by Gasteiger charge is 2.18. The Morgan fingerprint density at radius 3 is 2.77 bits per heavy atom. The van der Waals surface area contributed by atoms with E-state index in [0.717, 1.165) is 0 Å². The summed E-state index contributed by atoms with van der Waals surface area (Å²) in [4.78, 5) is 22.3. The number of amides is 1. The number of para-hydroxylation sites is 1. The van der Waals surface area contributed by atoms with Gasteiger partial charge >= 0.3 is 0 Å². The Labute approximate surface area is 130 Å². The first-order chi connectivity index (χ1) is 10.4. The molecule has 0 saturated carbocycles. The fourth-order valence-electron chi connectivity index (χ4n) is 1.86. The van der Waals surface area contributed by atoms with Crippen molar-refractivity contribution in [3.63, 3.8) is 0 Å². The van der Waals surface area contributed by atoms with Crippen LogP contribution in [0.1, 0.15) is 21.7 Å². The molecular formula is C13H12ClN5O3. The number of aryl methyl sites for hydroxylation is 2. The van der Waals surface area contributed by atoms with Crippen LogP contribution in [0.25, 0.3) is 0 Å². The number of hydrazone groups is 1. The number of nitro groups is 1. The van der Waals surface area contributed by atoms with Gasteiger partial charge in [-0.05, 0) is 13.0 Å². The first-order valence-electron chi connectivity index (χ1n) is 6.17. The fraction of sp³-hybridized carbons (Fsp3) is 0.154. The first-order valence-corrected chi connectivity index (χ1v) is 6.55. The van der Waals surface area contributed by atoms with E-state index in [9.17, 15) is 14.9 Å². The third kappa shape index (κ3) is 3.12. The minimum Gasteiger partial charge on any atom is -0.266 e. The lowest BCUT2D eigenvalue weighted by atomic mass is 10.2. The standard InChI is InChI=1S/C13H12ClN5O3/c1-8-11(14)12(18(2)17-8)13(20)16-15-7-9-5-3-4-6-10(9)19(21)22/h3-7H,1-2H3,(H,16,20). The van der Waals surface area contributed by atoms with Crippen molar-refractivity contribution >= 4 is 29.4 Å². The highest BCUT2D eigenvalue weighted by atomic mass is 35.5. The lowest BCUT2D eigenvalue weighted by Crippen LogP contribution is -2.21. The number of rotatable bonds is 4. The van der Waals surface area contributed by atoms with Crippen molar-refractivity contribution in [1.82, 2.24) is 15.2 Å². The Kier molecular flexibility index (Phi) is 4.52. The summed E-state index contributed by atoms with van der Waals surface area (Å²) in [7, 11) is 1.58. The van der Waals surface area contributed by atoms with E-state index in [-0.39, 0.29) is 22.0 Å². The average molecular weight is 322 g/mol. The van der Waals surface area contributed by atoms with Gasteiger partial charge in [0.1, 0.15) is 5.69 Å². The van der Waals surface area contributed by atoms with Crippen LogP contribution in [-0.4, -0.2) is 26.8 Å². The van der Waals surface area contributed by atoms with E-state index in [1.807, 2.05) is 0 Å². The lowest BCUT2D eigenvalue weighted by Gasteiger charge is -2.01. The Morgan fingerprint density at radius 1 is 1.50 bits per heavy atom. The summed E-state index contributed by atoms with van der Waals surface area (Å²) in [5, 5.41) is 18.8. The molecule has 0 radical (unpaired) electrons. The topological polar surface area (TPSA) is 102 Å². The Balaban J connectivity index is 2.16. The van der Waals surface area contributed by atoms with E-state index in [1.165, 1.54) is 23.0 Å². The van der Waals surface area contributed by atoms with Crippen LogP contribution in [-0.2, 0) is 7.05 Å². The number of hydrogen-bond acceptors (Lipinski definition) is 5. The van der Waals surface area contributed by atoms with E-state index in [1.54, 1.807) is 26.1 Å². The summed E-state index contributed by atoms with van der Waals surface area (Å²) in [6.07, 6.45) is 1.20. The molecule has 8 nitrogen and oxygen atoms in total. The molecule has 22 heavy (non-hydrogen) atoms. The van der Waals surface area contributed by atoms with Gasteiger partial charge < -0.3 is 0 Å². The van der Waals surface area contributed by atoms with Crippen LogP contribution in [0.4, 0.5) is 5.69 Å². The molecule has 114 valence electrons. The van der Waals surface area contributed by atoms with Crippen LogP contribution in [0, 0.1) is 17.0 Å². The van der Waals surface area contributed by atoms with Gasteiger partial charge in [0.25, 0.3) is 11.6 Å². The summed E-state index contributed by atoms with van der Waals surface area (Å²) in [6, 6.07) is 6.06. The highest BCUT2D eigenvalue weighted by molar-refractivity contribution is 6.34. The Hall–Kier alpha value is -2.74. The Bertz CT molecular complexity index is 769. The number of halogens is 1. The minimum atomic E-state index is -0.553. The maximum absolute atomic E-state index is 12.0. The van der Waals surface area contributed by atoms with Crippen LogP contribution in [0.3, 0.4) is 0 Å². The first kappa shape index (κ1) is 15.6. The van der Waals surface area contributed by atoms with Gasteiger partial charge in [-0.15, -0.1) is 0 Å². The van der Waals surface area contributed by atoms with Crippen LogP contribution in [0.2, 0.25) is 5.02 Å². The van der Waals surface area contributed by atoms with Crippen LogP contribution < -0.4 is 5.43 Å². The molecule has 1 N–H and O–H groups in total. The molecule has 0 bridgehead atoms. The van der Waals surface area contributed by atoms with Gasteiger partial charge in [0.15, 0.2) is 0 Å². The third-order valence-corrected chi connectivity index (χ3v) is 3.32. The maximum Gasteiger partial charge on any atom is 0.291 e. The molecule has 2 rings (SSSR count). The zero-order valence-electron chi connectivity index (χ0n) is 11.8. The fourth-order valence-corrected chi connectivity index (χ4v) is 2.10. The van der Waals surface area contributed by atoms with Crippen molar-refractivity contribution in [1.29, 1.82) is 0 Å². The summed E-state index contributed by atoms with van der Waals surface area (Å²) in [6.45, 7) is 1.68. The molecule has 0 aliphatic rings. The second-order valence-corrected chi connectivity index (χ2v) is 4.76. The smallest absolute Gasteiger partial charge is 0.266 e. The number of nitrogens with one attached hydrogen (secondary N) is 1. The second-order valence-electron chi connectivity index (χ2n) is 4.39. The minimum absolute atomic E-state index is 0.102. The molecule has 0 unspecified atom stereocenters. The average Bonchev–Trinajstić information content (AvgIpc) is 2.72. The molecule has 9 heteroatoms. The molecule has 0 fully saturated rings. The number of carbonyl (C=O) groups excluding carboxylic acids is 1. The van der Waals surface area contributed by atoms with Gasteiger partial charge in [0.2, 0.25) is 0 Å². The van der Waals surface area contributed by atoms with Gasteiger partial charge in [0, 0.05) is 13.1 Å². The molecule has 1 aromatic heterocycles. The Morgan fingerprint density at radius 2 is 2.18 bits per heavy atom. The number of nitro benzene ring substituents is 1. The SMILES string of the molecule is Cc1nn(C)c(C(=O)NN=Cc2ccccc2[N+](=O)[O-])c1Cl. The van der Waals surface area contributed by atoms with Gasteiger partial charge in [-0.3, -0.25) is 19.6 Å². The predicted octanol–water partition coefficient (Wildman–Crippen LogP) is 2.05. The molecule has 1 amide bonds. The van der Waals surface area contributed by atoms with Crippen molar-refractivity contribution in [2.75, 3.05) is 0 Å². The molecular weight excluding hydrogens is 310 g/mol. The normalized spacial score (nSPS) is 10.9. The molecule has 1 aromatic carbocycles. The number of nitrogens with zero attached hydrogens (tertiary/aromatic N) is 4. The van der Waals surface area contributed by atoms with Crippen molar-refractivity contribution < 1.29 is 9.72 Å². The number of hydrogen-bond donors (Lipinski definition) is 1. The van der Waals surface area contributed by atoms with E-state index in [0.29, 0.717) is 5.69 Å². The summed E-state index contributed by atoms with van der Waals surface area (Å²) in [5.74, 6) is -0.553. The summed E-state index contributed by atoms with van der Waals surface area (Å²) >= 11 is 5.99. The quantitative estimate of drug-likeness (QED) is 0.529. The van der Waals surface area contributed by atoms with E-state index in [2.05, 4.69) is 15.6 Å². The zero-order chi connectivity index (χ0) is 16.3. The van der Waals surface area contributed by atoms with Gasteiger partial charge in [-0.2, -0.15) is 10.2 Å². The summed E-state index contributed by atoms with van der Waals surface area (Å²) in [5.41, 5.74) is 3.14. The van der Waals surface area contributed by atoms with E-state index < -0.39 is 10.8 Å². The molecule has 2 aromatic rings. The maximum atomic E-state index is 12.0. The highest BCUT2D eigenvalue weighted by Crippen LogP contribution is 2.19. The van der Waals surface area contributed by atoms with Gasteiger partial charge in [0.05, 0.1) is 27.4 Å². The molecule has 0 aliphatic carbocycles. The van der Waals surface area contributed by atoms with Crippen molar-refractivity contribution in [2.45, 2.75) is 6.92 Å². The van der Waals surface area contributed by atoms with Crippen molar-refractivity contribution in [3.8, 4) is 0 Å². The van der Waals surface area contributed by atoms with E-state index in [4.69, 9.17) is 11.6 Å². The molecule has 0 atom stereocenters. The lowest BCUT2D eigenvalue weighted by molar-refractivity contribution is -0.385. The van der Waals surface area contributed by atoms with Crippen LogP contribution >= 0.6 is 11.6 Å². The van der Waals surface area contributed by atoms with Crippen molar-refractivity contribution in [3.05, 3.63) is 56.4 Å². The molecule has 1 heterocycles. The number of aromatic nitrogens is 2. The van der Waals surface area contributed by atoms with E-state index >= 15 is 0 Å². The number of carbonyl (C=O) groups is 1. The third-order valence-electron chi connectivity index (χ3n) is 2.87. The molecule has 0 spiro atoms. The van der Waals surface area contributed by atoms with Crippen molar-refractivity contribution in [2.24, 2.45) is 12.1 Å². The van der Waals surface area contributed by atoms with Gasteiger partial charge in [-0.25, -0.2) is 5.43 Å². The second kappa shape index (κ2) is 6.35. The largest absolute Gasteiger partial charge is 0.291 e. The van der Waals surface area contributed by atoms with Gasteiger partial charge in [-0.1, -0.05) is 23.7 Å².